The van der Waals surface area contributed by atoms with Crippen LogP contribution in [0.4, 0.5) is 0 Å². The lowest BCUT2D eigenvalue weighted by atomic mass is 10.1. The van der Waals surface area contributed by atoms with Crippen LogP contribution in [0, 0.1) is 55.4 Å². The van der Waals surface area contributed by atoms with Gasteiger partial charge in [0.1, 0.15) is 23.0 Å². The van der Waals surface area contributed by atoms with E-state index < -0.39 is 0 Å². The Morgan fingerprint density at radius 1 is 0.371 bits per heavy atom. The maximum Gasteiger partial charge on any atom is 0.128 e. The van der Waals surface area contributed by atoms with Gasteiger partial charge < -0.3 is 18.9 Å². The van der Waals surface area contributed by atoms with E-state index in [9.17, 15) is 0 Å². The van der Waals surface area contributed by atoms with Crippen molar-refractivity contribution < 1.29 is 18.9 Å². The summed E-state index contributed by atoms with van der Waals surface area (Å²) in [6, 6.07) is 12.6. The van der Waals surface area contributed by atoms with E-state index in [0.717, 1.165) is 126 Å². The van der Waals surface area contributed by atoms with Gasteiger partial charge in [0.2, 0.25) is 0 Å². The van der Waals surface area contributed by atoms with Crippen molar-refractivity contribution >= 4 is 0 Å². The van der Waals surface area contributed by atoms with E-state index >= 15 is 0 Å². The Hall–Kier alpha value is -5.98. The predicted octanol–water partition coefficient (Wildman–Crippen LogP) is 8.75. The molecule has 0 fully saturated rings. The Balaban J connectivity index is 1.21. The average molecular weight is 839 g/mol. The zero-order chi connectivity index (χ0) is 44.5. The lowest BCUT2D eigenvalue weighted by Gasteiger charge is -2.25. The van der Waals surface area contributed by atoms with Crippen molar-refractivity contribution in [2.24, 2.45) is 0 Å². The zero-order valence-electron chi connectivity index (χ0n) is 38.6. The number of hydrogen-bond acceptors (Lipinski definition) is 12. The fraction of sp³-hybridized carbons (Fsp3) is 0.400. The highest BCUT2D eigenvalue weighted by Gasteiger charge is 2.21. The van der Waals surface area contributed by atoms with E-state index in [1.54, 1.807) is 28.4 Å². The lowest BCUT2D eigenvalue weighted by molar-refractivity contribution is 0.236. The van der Waals surface area contributed by atoms with Gasteiger partial charge in [0.05, 0.1) is 62.6 Å². The van der Waals surface area contributed by atoms with Crippen LogP contribution in [0.5, 0.6) is 23.0 Å². The summed E-state index contributed by atoms with van der Waals surface area (Å²) in [4.78, 5) is 34.4. The lowest BCUT2D eigenvalue weighted by Crippen LogP contribution is -2.25. The smallest absolute Gasteiger partial charge is 0.128 e. The first-order valence-corrected chi connectivity index (χ1v) is 21.1. The third kappa shape index (κ3) is 10.7. The summed E-state index contributed by atoms with van der Waals surface area (Å²) in [5.41, 5.74) is 16.0. The van der Waals surface area contributed by atoms with Crippen LogP contribution < -0.4 is 18.9 Å². The molecule has 6 aromatic rings. The van der Waals surface area contributed by atoms with Crippen LogP contribution in [0.25, 0.3) is 0 Å². The van der Waals surface area contributed by atoms with Gasteiger partial charge in [-0.3, -0.25) is 39.7 Å². The molecule has 0 amide bonds. The van der Waals surface area contributed by atoms with Crippen LogP contribution in [0.3, 0.4) is 0 Å². The topological polar surface area (TPSA) is 121 Å². The van der Waals surface area contributed by atoms with E-state index in [0.29, 0.717) is 39.3 Å². The monoisotopic (exact) mass is 838 g/mol. The molecule has 0 atom stereocenters. The van der Waals surface area contributed by atoms with Crippen molar-refractivity contribution in [2.45, 2.75) is 108 Å². The molecule has 62 heavy (non-hydrogen) atoms. The highest BCUT2D eigenvalue weighted by Crippen LogP contribution is 2.30. The largest absolute Gasteiger partial charge is 0.496 e. The molecule has 0 radical (unpaired) electrons. The standard InChI is InChI=1S/C50H62N8O4/c1-31-21-51-43(35(5)47(31)59-9)27-57(28-44-36(6)48(60-10)32(2)22-52-44)25-41-17-13-15-39(55-41)19-20-40-16-14-18-42(56-40)26-58(29-45-37(7)49(61-11)33(3)23-53-45)30-46-38(8)50(62-12)34(4)24-54-46/h13-18,21-24H,19-20,25-30H2,1-12H3. The van der Waals surface area contributed by atoms with Crippen LogP contribution >= 0.6 is 0 Å². The third-order valence-electron chi connectivity index (χ3n) is 11.6. The van der Waals surface area contributed by atoms with E-state index in [-0.39, 0.29) is 0 Å². The van der Waals surface area contributed by atoms with E-state index in [1.807, 2.05) is 52.5 Å². The van der Waals surface area contributed by atoms with Crippen molar-refractivity contribution in [3.63, 3.8) is 0 Å². The van der Waals surface area contributed by atoms with Gasteiger partial charge in [0, 0.05) is 120 Å². The molecule has 0 N–H and O–H groups in total. The molecule has 0 aliphatic rings. The summed E-state index contributed by atoms with van der Waals surface area (Å²) in [6.45, 7) is 20.0. The van der Waals surface area contributed by atoms with Gasteiger partial charge in [-0.1, -0.05) is 12.1 Å². The Kier molecular flexibility index (Phi) is 15.2. The van der Waals surface area contributed by atoms with Crippen molar-refractivity contribution in [1.82, 2.24) is 39.7 Å². The molecule has 0 aliphatic heterocycles. The Morgan fingerprint density at radius 3 is 0.887 bits per heavy atom. The molecule has 12 nitrogen and oxygen atoms in total. The highest BCUT2D eigenvalue weighted by molar-refractivity contribution is 5.44. The maximum absolute atomic E-state index is 5.76. The summed E-state index contributed by atoms with van der Waals surface area (Å²) in [5.74, 6) is 3.46. The number of pyridine rings is 6. The van der Waals surface area contributed by atoms with Crippen LogP contribution in [0.1, 0.15) is 90.1 Å². The van der Waals surface area contributed by atoms with Crippen LogP contribution in [0.2, 0.25) is 0 Å². The average Bonchev–Trinajstić information content (AvgIpc) is 3.25. The minimum atomic E-state index is 0.597. The first-order valence-electron chi connectivity index (χ1n) is 21.1. The third-order valence-corrected chi connectivity index (χ3v) is 11.6. The number of aryl methyl sites for hydroxylation is 6. The second-order valence-corrected chi connectivity index (χ2v) is 16.2. The molecule has 6 heterocycles. The minimum absolute atomic E-state index is 0.597. The Bertz CT molecular complexity index is 2210. The summed E-state index contributed by atoms with van der Waals surface area (Å²) < 4.78 is 23.0. The molecular formula is C50H62N8O4. The molecule has 0 bridgehead atoms. The molecule has 0 unspecified atom stereocenters. The van der Waals surface area contributed by atoms with Gasteiger partial charge >= 0.3 is 0 Å². The second-order valence-electron chi connectivity index (χ2n) is 16.2. The summed E-state index contributed by atoms with van der Waals surface area (Å²) in [5, 5.41) is 0. The summed E-state index contributed by atoms with van der Waals surface area (Å²) in [6.07, 6.45) is 9.04. The molecule has 0 aliphatic carbocycles. The molecule has 12 heteroatoms. The first-order chi connectivity index (χ1) is 29.8. The van der Waals surface area contributed by atoms with E-state index in [1.165, 1.54) is 0 Å². The zero-order valence-corrected chi connectivity index (χ0v) is 38.6. The highest BCUT2D eigenvalue weighted by atomic mass is 16.5. The maximum atomic E-state index is 5.76. The molecule has 326 valence electrons. The van der Waals surface area contributed by atoms with Crippen molar-refractivity contribution in [1.29, 1.82) is 0 Å². The van der Waals surface area contributed by atoms with Crippen LogP contribution in [-0.4, -0.2) is 68.1 Å². The Morgan fingerprint density at radius 2 is 0.629 bits per heavy atom. The van der Waals surface area contributed by atoms with Crippen molar-refractivity contribution in [2.75, 3.05) is 28.4 Å². The summed E-state index contributed by atoms with van der Waals surface area (Å²) >= 11 is 0. The van der Waals surface area contributed by atoms with Gasteiger partial charge in [-0.25, -0.2) is 0 Å². The molecule has 6 aromatic heterocycles. The SMILES string of the molecule is COc1c(C)cnc(CN(Cc2cccc(CCc3cccc(CN(Cc4ncc(C)c(OC)c4C)Cc4ncc(C)c(OC)c4C)n3)n2)Cc2ncc(C)c(OC)c2C)c1C. The number of nitrogens with zero attached hydrogens (tertiary/aromatic N) is 8. The molecule has 0 saturated carbocycles. The molecule has 0 aromatic carbocycles. The van der Waals surface area contributed by atoms with E-state index in [2.05, 4.69) is 73.9 Å². The fourth-order valence-electron chi connectivity index (χ4n) is 8.33. The van der Waals surface area contributed by atoms with Crippen LogP contribution in [-0.2, 0) is 52.1 Å². The van der Waals surface area contributed by atoms with Crippen molar-refractivity contribution in [3.8, 4) is 23.0 Å². The number of methoxy groups -OCH3 is 4. The molecule has 0 saturated heterocycles. The number of hydrogen-bond donors (Lipinski definition) is 0. The predicted molar refractivity (Wildman–Crippen MR) is 243 cm³/mol. The summed E-state index contributed by atoms with van der Waals surface area (Å²) in [7, 11) is 6.85. The number of rotatable bonds is 19. The molecule has 0 spiro atoms. The Labute approximate surface area is 367 Å². The first kappa shape index (κ1) is 45.5. The van der Waals surface area contributed by atoms with Crippen LogP contribution in [0.15, 0.2) is 61.2 Å². The minimum Gasteiger partial charge on any atom is -0.496 e. The number of ether oxygens (including phenoxy) is 4. The van der Waals surface area contributed by atoms with Gasteiger partial charge in [0.15, 0.2) is 0 Å². The quantitative estimate of drug-likeness (QED) is 0.0776. The molecule has 6 rings (SSSR count). The van der Waals surface area contributed by atoms with Crippen molar-refractivity contribution in [3.05, 3.63) is 151 Å². The second kappa shape index (κ2) is 20.7. The molecular weight excluding hydrogens is 777 g/mol. The fourth-order valence-corrected chi connectivity index (χ4v) is 8.33. The van der Waals surface area contributed by atoms with E-state index in [4.69, 9.17) is 48.9 Å². The van der Waals surface area contributed by atoms with Gasteiger partial charge in [0.25, 0.3) is 0 Å². The normalized spacial score (nSPS) is 11.4. The number of aromatic nitrogens is 6. The van der Waals surface area contributed by atoms with Gasteiger partial charge in [-0.15, -0.1) is 0 Å². The van der Waals surface area contributed by atoms with Gasteiger partial charge in [-0.05, 0) is 92.5 Å². The van der Waals surface area contributed by atoms with Gasteiger partial charge in [-0.2, -0.15) is 0 Å².